The second-order valence-electron chi connectivity index (χ2n) is 5.29. The largest absolute Gasteiger partial charge is 0.454 e. The minimum absolute atomic E-state index is 0.0376. The predicted octanol–water partition coefficient (Wildman–Crippen LogP) is 5.59. The summed E-state index contributed by atoms with van der Waals surface area (Å²) in [4.78, 5) is 15.5. The number of allylic oxidation sites excluding steroid dienone is 1. The summed E-state index contributed by atoms with van der Waals surface area (Å²) in [5, 5.41) is 23.6. The second kappa shape index (κ2) is 6.55. The highest BCUT2D eigenvalue weighted by Crippen LogP contribution is 2.32. The Bertz CT molecular complexity index is 1160. The third-order valence-corrected chi connectivity index (χ3v) is 5.47. The molecule has 4 aromatic rings. The first-order chi connectivity index (χ1) is 12.6. The van der Waals surface area contributed by atoms with Crippen LogP contribution in [0, 0.1) is 21.4 Å². The first kappa shape index (κ1) is 16.2. The van der Waals surface area contributed by atoms with Crippen molar-refractivity contribution in [1.29, 1.82) is 5.26 Å². The van der Waals surface area contributed by atoms with Crippen molar-refractivity contribution in [3.8, 4) is 17.5 Å². The van der Waals surface area contributed by atoms with Gasteiger partial charge >= 0.3 is 5.00 Å². The Hall–Kier alpha value is -3.28. The van der Waals surface area contributed by atoms with Gasteiger partial charge in [-0.15, -0.1) is 11.3 Å². The molecule has 0 radical (unpaired) electrons. The predicted molar refractivity (Wildman–Crippen MR) is 102 cm³/mol. The fourth-order valence-corrected chi connectivity index (χ4v) is 3.96. The Balaban J connectivity index is 1.67. The number of benzene rings is 1. The number of fused-ring (bicyclic) bond motifs is 1. The first-order valence-electron chi connectivity index (χ1n) is 7.45. The maximum atomic E-state index is 10.8. The fraction of sp³-hybridized carbons (Fsp3) is 0. The van der Waals surface area contributed by atoms with E-state index in [0.717, 1.165) is 22.3 Å². The lowest BCUT2D eigenvalue weighted by Gasteiger charge is -1.92. The summed E-state index contributed by atoms with van der Waals surface area (Å²) in [5.74, 6) is 0.637. The summed E-state index contributed by atoms with van der Waals surface area (Å²) >= 11 is 2.35. The lowest BCUT2D eigenvalue weighted by Crippen LogP contribution is -1.81. The third kappa shape index (κ3) is 3.01. The molecule has 0 saturated heterocycles. The van der Waals surface area contributed by atoms with Gasteiger partial charge in [-0.05, 0) is 24.3 Å². The van der Waals surface area contributed by atoms with E-state index in [1.54, 1.807) is 12.1 Å². The van der Waals surface area contributed by atoms with Crippen LogP contribution in [-0.4, -0.2) is 9.91 Å². The SMILES string of the molecule is N#C/C(=C\c1ccc([N+](=O)[O-])s1)c1nc(-c2cc3ccccc3o2)cs1. The van der Waals surface area contributed by atoms with Crippen molar-refractivity contribution < 1.29 is 9.34 Å². The molecule has 4 rings (SSSR count). The average molecular weight is 379 g/mol. The van der Waals surface area contributed by atoms with E-state index in [9.17, 15) is 15.4 Å². The zero-order chi connectivity index (χ0) is 18.1. The van der Waals surface area contributed by atoms with Gasteiger partial charge in [0.25, 0.3) is 0 Å². The number of nitrogens with zero attached hydrogens (tertiary/aromatic N) is 3. The van der Waals surface area contributed by atoms with Crippen LogP contribution in [0.1, 0.15) is 9.88 Å². The molecule has 0 saturated carbocycles. The van der Waals surface area contributed by atoms with Crippen LogP contribution < -0.4 is 0 Å². The smallest absolute Gasteiger partial charge is 0.324 e. The number of hydrogen-bond acceptors (Lipinski definition) is 7. The molecule has 6 nitrogen and oxygen atoms in total. The van der Waals surface area contributed by atoms with Crippen molar-refractivity contribution in [3.05, 3.63) is 67.8 Å². The highest BCUT2D eigenvalue weighted by atomic mass is 32.1. The highest BCUT2D eigenvalue weighted by molar-refractivity contribution is 7.16. The summed E-state index contributed by atoms with van der Waals surface area (Å²) < 4.78 is 5.80. The van der Waals surface area contributed by atoms with E-state index in [0.29, 0.717) is 26.9 Å². The normalized spacial score (nSPS) is 11.6. The van der Waals surface area contributed by atoms with Crippen molar-refractivity contribution >= 4 is 50.3 Å². The number of para-hydroxylation sites is 1. The van der Waals surface area contributed by atoms with Crippen LogP contribution in [0.4, 0.5) is 5.00 Å². The number of nitro groups is 1. The van der Waals surface area contributed by atoms with Crippen LogP contribution in [0.2, 0.25) is 0 Å². The van der Waals surface area contributed by atoms with E-state index >= 15 is 0 Å². The van der Waals surface area contributed by atoms with E-state index in [1.165, 1.54) is 17.4 Å². The van der Waals surface area contributed by atoms with Crippen molar-refractivity contribution in [1.82, 2.24) is 4.98 Å². The topological polar surface area (TPSA) is 93.0 Å². The molecule has 26 heavy (non-hydrogen) atoms. The van der Waals surface area contributed by atoms with Gasteiger partial charge in [-0.25, -0.2) is 4.98 Å². The van der Waals surface area contributed by atoms with Gasteiger partial charge in [-0.1, -0.05) is 29.5 Å². The van der Waals surface area contributed by atoms with Crippen molar-refractivity contribution in [2.75, 3.05) is 0 Å². The van der Waals surface area contributed by atoms with Gasteiger partial charge in [0.1, 0.15) is 22.4 Å². The molecule has 0 N–H and O–H groups in total. The summed E-state index contributed by atoms with van der Waals surface area (Å²) in [5.41, 5.74) is 1.78. The van der Waals surface area contributed by atoms with Gasteiger partial charge in [-0.2, -0.15) is 5.26 Å². The van der Waals surface area contributed by atoms with Crippen LogP contribution in [0.25, 0.3) is 34.1 Å². The average Bonchev–Trinajstić information content (AvgIpc) is 3.37. The van der Waals surface area contributed by atoms with Crippen LogP contribution in [-0.2, 0) is 0 Å². The number of furan rings is 1. The van der Waals surface area contributed by atoms with Crippen LogP contribution in [0.15, 0.2) is 52.3 Å². The third-order valence-electron chi connectivity index (χ3n) is 3.61. The van der Waals surface area contributed by atoms with Gasteiger partial charge < -0.3 is 4.42 Å². The van der Waals surface area contributed by atoms with Crippen molar-refractivity contribution in [3.63, 3.8) is 0 Å². The van der Waals surface area contributed by atoms with Crippen LogP contribution >= 0.6 is 22.7 Å². The van der Waals surface area contributed by atoms with Gasteiger partial charge in [0.05, 0.1) is 10.5 Å². The number of rotatable bonds is 4. The Morgan fingerprint density at radius 2 is 2.15 bits per heavy atom. The minimum atomic E-state index is -0.447. The van der Waals surface area contributed by atoms with E-state index in [-0.39, 0.29) is 5.00 Å². The van der Waals surface area contributed by atoms with Gasteiger partial charge in [0.2, 0.25) is 0 Å². The number of nitriles is 1. The Labute approximate surface area is 155 Å². The zero-order valence-corrected chi connectivity index (χ0v) is 14.7. The van der Waals surface area contributed by atoms with E-state index in [1.807, 2.05) is 35.7 Å². The molecule has 0 unspecified atom stereocenters. The van der Waals surface area contributed by atoms with Gasteiger partial charge in [0, 0.05) is 21.7 Å². The lowest BCUT2D eigenvalue weighted by molar-refractivity contribution is -0.380. The molecule has 0 aliphatic rings. The highest BCUT2D eigenvalue weighted by Gasteiger charge is 2.14. The molecule has 1 aromatic carbocycles. The molecular weight excluding hydrogens is 370 g/mol. The Morgan fingerprint density at radius 1 is 1.31 bits per heavy atom. The quantitative estimate of drug-likeness (QED) is 0.262. The number of aromatic nitrogens is 1. The molecular formula is C18H9N3O3S2. The standard InChI is InChI=1S/C18H9N3O3S2/c19-9-12(7-13-5-6-17(26-13)21(22)23)18-20-14(10-25-18)16-8-11-3-1-2-4-15(11)24-16/h1-8,10H/b12-7+. The number of thiophene rings is 1. The van der Waals surface area contributed by atoms with Crippen LogP contribution in [0.5, 0.6) is 0 Å². The molecule has 3 aromatic heterocycles. The summed E-state index contributed by atoms with van der Waals surface area (Å²) in [7, 11) is 0. The Kier molecular flexibility index (Phi) is 4.08. The maximum Gasteiger partial charge on any atom is 0.324 e. The van der Waals surface area contributed by atoms with E-state index in [2.05, 4.69) is 11.1 Å². The van der Waals surface area contributed by atoms with Crippen LogP contribution in [0.3, 0.4) is 0 Å². The maximum absolute atomic E-state index is 10.8. The molecule has 3 heterocycles. The monoisotopic (exact) mass is 379 g/mol. The summed E-state index contributed by atoms with van der Waals surface area (Å²) in [6, 6.07) is 14.7. The van der Waals surface area contributed by atoms with Crippen molar-refractivity contribution in [2.45, 2.75) is 0 Å². The molecule has 0 aliphatic carbocycles. The number of hydrogen-bond donors (Lipinski definition) is 0. The molecule has 0 fully saturated rings. The summed E-state index contributed by atoms with van der Waals surface area (Å²) in [6.45, 7) is 0. The summed E-state index contributed by atoms with van der Waals surface area (Å²) in [6.07, 6.45) is 1.61. The molecule has 8 heteroatoms. The van der Waals surface area contributed by atoms with Gasteiger partial charge in [-0.3, -0.25) is 10.1 Å². The number of thiazole rings is 1. The van der Waals surface area contributed by atoms with Crippen molar-refractivity contribution in [2.24, 2.45) is 0 Å². The lowest BCUT2D eigenvalue weighted by atomic mass is 10.2. The molecule has 0 aliphatic heterocycles. The molecule has 0 atom stereocenters. The fourth-order valence-electron chi connectivity index (χ4n) is 2.42. The zero-order valence-electron chi connectivity index (χ0n) is 13.1. The minimum Gasteiger partial charge on any atom is -0.454 e. The molecule has 126 valence electrons. The Morgan fingerprint density at radius 3 is 2.88 bits per heavy atom. The molecule has 0 amide bonds. The molecule has 0 spiro atoms. The first-order valence-corrected chi connectivity index (χ1v) is 9.14. The second-order valence-corrected chi connectivity index (χ2v) is 7.24. The van der Waals surface area contributed by atoms with E-state index in [4.69, 9.17) is 4.42 Å². The van der Waals surface area contributed by atoms with E-state index < -0.39 is 4.92 Å². The molecule has 0 bridgehead atoms. The van der Waals surface area contributed by atoms with Gasteiger partial charge in [0.15, 0.2) is 5.76 Å².